The Labute approximate surface area is 98.3 Å². The Bertz CT molecular complexity index is 210. The highest BCUT2D eigenvalue weighted by Gasteiger charge is 2.16. The molecule has 0 aromatic carbocycles. The lowest BCUT2D eigenvalue weighted by Gasteiger charge is -2.27. The van der Waals surface area contributed by atoms with Crippen LogP contribution < -0.4 is 11.1 Å². The first-order chi connectivity index (χ1) is 7.72. The van der Waals surface area contributed by atoms with Crippen molar-refractivity contribution in [3.05, 3.63) is 0 Å². The van der Waals surface area contributed by atoms with Gasteiger partial charge in [-0.3, -0.25) is 0 Å². The van der Waals surface area contributed by atoms with Crippen LogP contribution in [0, 0.1) is 5.92 Å². The summed E-state index contributed by atoms with van der Waals surface area (Å²) in [6.45, 7) is 3.39. The number of unbranched alkanes of at least 4 members (excludes halogenated alkanes) is 1. The predicted molar refractivity (Wildman–Crippen MR) is 66.7 cm³/mol. The van der Waals surface area contributed by atoms with E-state index < -0.39 is 0 Å². The van der Waals surface area contributed by atoms with Crippen LogP contribution in [0.4, 0.5) is 0 Å². The molecule has 4 heteroatoms. The smallest absolute Gasteiger partial charge is 0.139 e. The van der Waals surface area contributed by atoms with Crippen molar-refractivity contribution >= 4 is 5.84 Å². The fourth-order valence-corrected chi connectivity index (χ4v) is 2.25. The molecule has 0 heterocycles. The van der Waals surface area contributed by atoms with Crippen molar-refractivity contribution in [3.8, 4) is 0 Å². The number of oxime groups is 1. The summed E-state index contributed by atoms with van der Waals surface area (Å²) >= 11 is 0. The third kappa shape index (κ3) is 5.35. The lowest BCUT2D eigenvalue weighted by Crippen LogP contribution is -2.33. The first kappa shape index (κ1) is 13.3. The van der Waals surface area contributed by atoms with Crippen LogP contribution in [0.5, 0.6) is 0 Å². The van der Waals surface area contributed by atoms with Crippen LogP contribution in [-0.4, -0.2) is 23.6 Å². The predicted octanol–water partition coefficient (Wildman–Crippen LogP) is 2.07. The normalized spacial score (nSPS) is 26.9. The summed E-state index contributed by atoms with van der Waals surface area (Å²) in [5.74, 6) is 1.25. The van der Waals surface area contributed by atoms with Crippen molar-refractivity contribution in [1.82, 2.24) is 5.32 Å². The van der Waals surface area contributed by atoms with Gasteiger partial charge in [-0.25, -0.2) is 0 Å². The molecule has 0 aliphatic heterocycles. The van der Waals surface area contributed by atoms with E-state index in [1.165, 1.54) is 25.7 Å². The van der Waals surface area contributed by atoms with Crippen molar-refractivity contribution in [2.24, 2.45) is 16.8 Å². The van der Waals surface area contributed by atoms with Gasteiger partial charge in [0.25, 0.3) is 0 Å². The van der Waals surface area contributed by atoms with Gasteiger partial charge >= 0.3 is 0 Å². The second-order valence-electron chi connectivity index (χ2n) is 4.96. The third-order valence-electron chi connectivity index (χ3n) is 3.44. The molecule has 0 radical (unpaired) electrons. The van der Waals surface area contributed by atoms with Gasteiger partial charge in [0.15, 0.2) is 0 Å². The summed E-state index contributed by atoms with van der Waals surface area (Å²) < 4.78 is 0. The molecular weight excluding hydrogens is 202 g/mol. The van der Waals surface area contributed by atoms with Gasteiger partial charge in [0.2, 0.25) is 0 Å². The lowest BCUT2D eigenvalue weighted by molar-refractivity contribution is 0.306. The van der Waals surface area contributed by atoms with Gasteiger partial charge in [-0.2, -0.15) is 0 Å². The molecule has 1 saturated carbocycles. The number of hydrogen-bond donors (Lipinski definition) is 3. The van der Waals surface area contributed by atoms with Gasteiger partial charge in [-0.15, -0.1) is 0 Å². The quantitative estimate of drug-likeness (QED) is 0.214. The molecule has 0 aromatic rings. The standard InChI is InChI=1S/C12H25N3O/c1-10-5-7-11(8-6-10)14-9-3-2-4-12(13)15-16/h10-11,14,16H,2-9H2,1H3,(H2,13,15). The molecule has 0 aromatic heterocycles. The van der Waals surface area contributed by atoms with Crippen molar-refractivity contribution in [2.45, 2.75) is 57.9 Å². The molecule has 0 saturated heterocycles. The number of nitrogens with zero attached hydrogens (tertiary/aromatic N) is 1. The minimum absolute atomic E-state index is 0.339. The third-order valence-corrected chi connectivity index (χ3v) is 3.44. The van der Waals surface area contributed by atoms with Crippen molar-refractivity contribution in [3.63, 3.8) is 0 Å². The van der Waals surface area contributed by atoms with E-state index >= 15 is 0 Å². The lowest BCUT2D eigenvalue weighted by atomic mass is 9.87. The summed E-state index contributed by atoms with van der Waals surface area (Å²) in [5, 5.41) is 14.9. The molecule has 1 aliphatic rings. The first-order valence-corrected chi connectivity index (χ1v) is 6.42. The Morgan fingerprint density at radius 3 is 2.62 bits per heavy atom. The minimum Gasteiger partial charge on any atom is -0.409 e. The zero-order chi connectivity index (χ0) is 11.8. The average molecular weight is 227 g/mol. The summed E-state index contributed by atoms with van der Waals surface area (Å²) in [6, 6.07) is 0.722. The molecule has 1 rings (SSSR count). The molecule has 1 aliphatic carbocycles. The van der Waals surface area contributed by atoms with Crippen molar-refractivity contribution in [2.75, 3.05) is 6.54 Å². The van der Waals surface area contributed by atoms with Gasteiger partial charge in [0.05, 0.1) is 0 Å². The SMILES string of the molecule is CC1CCC(NCCCCC(N)=NO)CC1. The molecule has 0 spiro atoms. The maximum Gasteiger partial charge on any atom is 0.139 e. The Morgan fingerprint density at radius 1 is 1.31 bits per heavy atom. The second kappa shape index (κ2) is 7.49. The number of nitrogens with two attached hydrogens (primary N) is 1. The summed E-state index contributed by atoms with van der Waals surface area (Å²) in [5.41, 5.74) is 5.39. The van der Waals surface area contributed by atoms with Gasteiger partial charge < -0.3 is 16.3 Å². The van der Waals surface area contributed by atoms with Crippen molar-refractivity contribution < 1.29 is 5.21 Å². The number of amidine groups is 1. The van der Waals surface area contributed by atoms with E-state index in [0.29, 0.717) is 12.3 Å². The van der Waals surface area contributed by atoms with Gasteiger partial charge in [-0.1, -0.05) is 12.1 Å². The van der Waals surface area contributed by atoms with Crippen LogP contribution in [0.25, 0.3) is 0 Å². The van der Waals surface area contributed by atoms with Gasteiger partial charge in [0, 0.05) is 12.5 Å². The molecule has 1 fully saturated rings. The van der Waals surface area contributed by atoms with Gasteiger partial charge in [0.1, 0.15) is 5.84 Å². The highest BCUT2D eigenvalue weighted by atomic mass is 16.4. The number of hydrogen-bond acceptors (Lipinski definition) is 3. The van der Waals surface area contributed by atoms with Crippen LogP contribution in [0.2, 0.25) is 0 Å². The molecule has 0 unspecified atom stereocenters. The molecule has 0 atom stereocenters. The van der Waals surface area contributed by atoms with Crippen molar-refractivity contribution in [1.29, 1.82) is 0 Å². The molecule has 0 amide bonds. The van der Waals surface area contributed by atoms with E-state index in [4.69, 9.17) is 10.9 Å². The molecule has 0 bridgehead atoms. The van der Waals surface area contributed by atoms with E-state index in [1.807, 2.05) is 0 Å². The molecule has 16 heavy (non-hydrogen) atoms. The molecule has 94 valence electrons. The zero-order valence-corrected chi connectivity index (χ0v) is 10.3. The van der Waals surface area contributed by atoms with E-state index in [-0.39, 0.29) is 0 Å². The highest BCUT2D eigenvalue weighted by Crippen LogP contribution is 2.23. The fourth-order valence-electron chi connectivity index (χ4n) is 2.25. The van der Waals surface area contributed by atoms with E-state index in [2.05, 4.69) is 17.4 Å². The summed E-state index contributed by atoms with van der Waals surface area (Å²) in [6.07, 6.45) is 8.15. The minimum atomic E-state index is 0.339. The fraction of sp³-hybridized carbons (Fsp3) is 0.917. The maximum absolute atomic E-state index is 8.37. The Kier molecular flexibility index (Phi) is 6.23. The van der Waals surface area contributed by atoms with E-state index in [1.54, 1.807) is 0 Å². The first-order valence-electron chi connectivity index (χ1n) is 6.42. The van der Waals surface area contributed by atoms with E-state index in [0.717, 1.165) is 31.3 Å². The number of rotatable bonds is 6. The highest BCUT2D eigenvalue weighted by molar-refractivity contribution is 5.79. The van der Waals surface area contributed by atoms with Crippen LogP contribution in [0.3, 0.4) is 0 Å². The zero-order valence-electron chi connectivity index (χ0n) is 10.3. The second-order valence-corrected chi connectivity index (χ2v) is 4.96. The maximum atomic E-state index is 8.37. The largest absolute Gasteiger partial charge is 0.409 e. The van der Waals surface area contributed by atoms with Crippen LogP contribution >= 0.6 is 0 Å². The topological polar surface area (TPSA) is 70.6 Å². The average Bonchev–Trinajstić information content (AvgIpc) is 2.31. The van der Waals surface area contributed by atoms with Crippen LogP contribution in [0.1, 0.15) is 51.9 Å². The summed E-state index contributed by atoms with van der Waals surface area (Å²) in [4.78, 5) is 0. The number of nitrogens with one attached hydrogen (secondary N) is 1. The molecular formula is C12H25N3O. The Balaban J connectivity index is 1.95. The van der Waals surface area contributed by atoms with Gasteiger partial charge in [-0.05, 0) is 51.0 Å². The van der Waals surface area contributed by atoms with Crippen LogP contribution in [-0.2, 0) is 0 Å². The Morgan fingerprint density at radius 2 is 2.00 bits per heavy atom. The van der Waals surface area contributed by atoms with E-state index in [9.17, 15) is 0 Å². The molecule has 4 N–H and O–H groups in total. The monoisotopic (exact) mass is 227 g/mol. The Hall–Kier alpha value is -0.770. The van der Waals surface area contributed by atoms with Crippen LogP contribution in [0.15, 0.2) is 5.16 Å². The summed E-state index contributed by atoms with van der Waals surface area (Å²) in [7, 11) is 0. The molecule has 4 nitrogen and oxygen atoms in total.